The Bertz CT molecular complexity index is 2270. The van der Waals surface area contributed by atoms with Crippen molar-refractivity contribution >= 4 is 51.0 Å². The van der Waals surface area contributed by atoms with Gasteiger partial charge in [-0.1, -0.05) is 5.87 Å². The molecule has 11 nitrogen and oxygen atoms in total. The van der Waals surface area contributed by atoms with E-state index in [1.54, 1.807) is 13.3 Å². The van der Waals surface area contributed by atoms with Crippen molar-refractivity contribution in [1.29, 1.82) is 5.26 Å². The van der Waals surface area contributed by atoms with E-state index in [1.807, 2.05) is 30.5 Å². The summed E-state index contributed by atoms with van der Waals surface area (Å²) in [6.07, 6.45) is 9.25. The molecule has 5 atom stereocenters. The van der Waals surface area contributed by atoms with Crippen molar-refractivity contribution in [2.75, 3.05) is 31.6 Å². The van der Waals surface area contributed by atoms with E-state index in [4.69, 9.17) is 14.7 Å². The molecule has 2 saturated heterocycles. The second kappa shape index (κ2) is 11.1. The predicted octanol–water partition coefficient (Wildman–Crippen LogP) is 5.16. The van der Waals surface area contributed by atoms with E-state index in [0.717, 1.165) is 89.1 Å². The molecule has 10 rings (SSSR count). The quantitative estimate of drug-likeness (QED) is 0.167. The summed E-state index contributed by atoms with van der Waals surface area (Å²) in [6, 6.07) is 14.6. The number of anilines is 1. The maximum absolute atomic E-state index is 14.1. The highest BCUT2D eigenvalue weighted by atomic mass is 32.1. The van der Waals surface area contributed by atoms with E-state index in [-0.39, 0.29) is 16.5 Å². The van der Waals surface area contributed by atoms with Crippen LogP contribution in [0.1, 0.15) is 48.3 Å². The second-order valence-electron chi connectivity index (χ2n) is 15.1. The third-order valence-corrected chi connectivity index (χ3v) is 13.4. The third kappa shape index (κ3) is 4.55. The van der Waals surface area contributed by atoms with Gasteiger partial charge < -0.3 is 23.7 Å². The van der Waals surface area contributed by atoms with Crippen molar-refractivity contribution in [3.8, 4) is 23.3 Å². The van der Waals surface area contributed by atoms with Crippen LogP contribution in [0.15, 0.2) is 48.8 Å². The summed E-state index contributed by atoms with van der Waals surface area (Å²) in [5.74, 6) is 9.78. The van der Waals surface area contributed by atoms with Gasteiger partial charge >= 0.3 is 0 Å². The third-order valence-electron chi connectivity index (χ3n) is 12.3. The van der Waals surface area contributed by atoms with Gasteiger partial charge in [-0.15, -0.1) is 0 Å². The Labute approximate surface area is 293 Å². The van der Waals surface area contributed by atoms with Crippen molar-refractivity contribution in [2.24, 2.45) is 23.7 Å². The highest BCUT2D eigenvalue weighted by Gasteiger charge is 2.61. The van der Waals surface area contributed by atoms with Gasteiger partial charge in [-0.25, -0.2) is 19.9 Å². The highest BCUT2D eigenvalue weighted by Crippen LogP contribution is 2.61. The number of nitrogens with zero attached hydrogens (tertiary/aromatic N) is 9. The maximum Gasteiger partial charge on any atom is 0.254 e. The molecule has 50 heavy (non-hydrogen) atoms. The Morgan fingerprint density at radius 1 is 1.12 bits per heavy atom. The summed E-state index contributed by atoms with van der Waals surface area (Å²) in [7, 11) is 1.69. The normalized spacial score (nSPS) is 26.6. The van der Waals surface area contributed by atoms with Crippen molar-refractivity contribution in [3.63, 3.8) is 0 Å². The Morgan fingerprint density at radius 3 is 2.80 bits per heavy atom. The molecule has 12 heteroatoms. The average molecular weight is 686 g/mol. The summed E-state index contributed by atoms with van der Waals surface area (Å²) >= 11 is 1.00. The van der Waals surface area contributed by atoms with E-state index >= 15 is 0 Å². The number of aromatic nitrogens is 6. The second-order valence-corrected chi connectivity index (χ2v) is 16.3. The zero-order valence-corrected chi connectivity index (χ0v) is 29.0. The largest absolute Gasteiger partial charge is 0.494 e. The molecule has 5 aliphatic rings. The monoisotopic (exact) mass is 685 g/mol. The molecule has 0 bridgehead atoms. The number of rotatable bonds is 9. The number of hydrogen-bond acceptors (Lipinski definition) is 8. The lowest BCUT2D eigenvalue weighted by Crippen LogP contribution is -2.53. The zero-order chi connectivity index (χ0) is 33.7. The van der Waals surface area contributed by atoms with E-state index < -0.39 is 0 Å². The minimum atomic E-state index is -0.235. The standard InChI is InChI=1S/C38H39N9O2S/c1-49-30-16-25(37(48)46-19-26-12-24-15-28(46)33(24)26)13-27-34(30)47(21-38(50-2)8-11-44(20-38)32-7-10-40-31(17-39)43-32)36(42-27)29-14-23-4-3-9-41-35(23)45(29)18-22-5-6-22/h3-4,7,9-10,13-14,16,22,24,26,28,33,50H,2,5-6,8,11-12,15,18-21H2,1H3/t24?,26?,28?,33-,38?/m1/s1. The fourth-order valence-corrected chi connectivity index (χ4v) is 10.2. The smallest absolute Gasteiger partial charge is 0.254 e. The number of carbonyl (C=O) groups is 1. The Kier molecular flexibility index (Phi) is 6.69. The van der Waals surface area contributed by atoms with Crippen LogP contribution in [0.2, 0.25) is 0 Å². The molecule has 1 amide bonds. The fraction of sp³-hybridized carbons (Fsp3) is 0.447. The number of amides is 1. The molecule has 254 valence electrons. The van der Waals surface area contributed by atoms with E-state index in [2.05, 4.69) is 53.0 Å². The Morgan fingerprint density at radius 2 is 2.02 bits per heavy atom. The number of methoxy groups -OCH3 is 1. The van der Waals surface area contributed by atoms with Crippen LogP contribution in [0.4, 0.5) is 5.82 Å². The van der Waals surface area contributed by atoms with Crippen LogP contribution in [0.3, 0.4) is 0 Å². The van der Waals surface area contributed by atoms with Crippen LogP contribution in [-0.4, -0.2) is 83.3 Å². The number of ether oxygens (including phenoxy) is 1. The van der Waals surface area contributed by atoms with Gasteiger partial charge in [0.1, 0.15) is 28.8 Å². The lowest BCUT2D eigenvalue weighted by molar-refractivity contribution is -0.0204. The summed E-state index contributed by atoms with van der Waals surface area (Å²) in [5.41, 5.74) is 4.27. The van der Waals surface area contributed by atoms with Crippen LogP contribution in [0.25, 0.3) is 33.6 Å². The van der Waals surface area contributed by atoms with Crippen LogP contribution >= 0.6 is 11.4 Å². The van der Waals surface area contributed by atoms with E-state index in [1.165, 1.54) is 19.3 Å². The molecule has 5 fully saturated rings. The van der Waals surface area contributed by atoms with Gasteiger partial charge in [0.25, 0.3) is 5.91 Å². The lowest BCUT2D eigenvalue weighted by atomic mass is 9.53. The van der Waals surface area contributed by atoms with Crippen molar-refractivity contribution < 1.29 is 9.53 Å². The van der Waals surface area contributed by atoms with Crippen molar-refractivity contribution in [2.45, 2.75) is 56.0 Å². The number of pyridine rings is 1. The summed E-state index contributed by atoms with van der Waals surface area (Å²) in [4.78, 5) is 37.3. The van der Waals surface area contributed by atoms with Crippen molar-refractivity contribution in [1.82, 2.24) is 34.0 Å². The summed E-state index contributed by atoms with van der Waals surface area (Å²) < 4.78 is 10.6. The molecule has 0 spiro atoms. The highest BCUT2D eigenvalue weighted by molar-refractivity contribution is 7.97. The van der Waals surface area contributed by atoms with Gasteiger partial charge in [0.05, 0.1) is 18.3 Å². The lowest BCUT2D eigenvalue weighted by Gasteiger charge is -2.52. The first-order chi connectivity index (χ1) is 24.5. The first kappa shape index (κ1) is 30.1. The predicted molar refractivity (Wildman–Crippen MR) is 195 cm³/mol. The molecular weight excluding hydrogens is 647 g/mol. The molecular formula is C38H39N9O2S. The number of benzene rings is 1. The first-order valence-electron chi connectivity index (χ1n) is 17.8. The fourth-order valence-electron chi connectivity index (χ4n) is 9.47. The molecule has 2 aliphatic heterocycles. The first-order valence-corrected chi connectivity index (χ1v) is 18.8. The van der Waals surface area contributed by atoms with Gasteiger partial charge in [-0.2, -0.15) is 16.6 Å². The van der Waals surface area contributed by atoms with Gasteiger partial charge in [0.15, 0.2) is 5.82 Å². The molecule has 0 N–H and O–H groups in total. The number of likely N-dealkylation sites (tertiary alicyclic amines) is 1. The molecule has 4 unspecified atom stereocenters. The molecule has 4 aromatic heterocycles. The number of carbonyl (C=O) groups excluding carboxylic acids is 1. The molecule has 5 aromatic rings. The SMILES string of the molecule is C=[SH]C1(Cn2c(-c3cc4cccnc4n3CC3CC3)nc3cc(C(=O)N4CC5CC6CC4[C@H]65)cc(OC)c32)CCN(c2ccnc(C#N)n2)C1. The van der Waals surface area contributed by atoms with Gasteiger partial charge in [-0.05, 0) is 92.2 Å². The Hall–Kier alpha value is -4.76. The number of fused-ring (bicyclic) bond motifs is 2. The van der Waals surface area contributed by atoms with E-state index in [9.17, 15) is 10.1 Å². The van der Waals surface area contributed by atoms with Crippen LogP contribution < -0.4 is 9.64 Å². The summed E-state index contributed by atoms with van der Waals surface area (Å²) in [6.45, 7) is 3.89. The Balaban J connectivity index is 1.11. The molecule has 0 radical (unpaired) electrons. The number of imidazole rings is 1. The molecule has 6 heterocycles. The topological polar surface area (TPSA) is 118 Å². The average Bonchev–Trinajstić information content (AvgIpc) is 3.59. The number of hydrogen-bond donors (Lipinski definition) is 1. The number of nitriles is 1. The van der Waals surface area contributed by atoms with Crippen LogP contribution in [-0.2, 0) is 13.1 Å². The minimum absolute atomic E-state index is 0.0898. The van der Waals surface area contributed by atoms with Crippen LogP contribution in [0, 0.1) is 35.0 Å². The summed E-state index contributed by atoms with van der Waals surface area (Å²) in [5, 5.41) is 10.5. The zero-order valence-electron chi connectivity index (χ0n) is 28.1. The van der Waals surface area contributed by atoms with Crippen molar-refractivity contribution in [3.05, 3.63) is 60.2 Å². The minimum Gasteiger partial charge on any atom is -0.494 e. The van der Waals surface area contributed by atoms with Gasteiger partial charge in [0, 0.05) is 66.9 Å². The number of thiol groups is 1. The van der Waals surface area contributed by atoms with Gasteiger partial charge in [0.2, 0.25) is 5.82 Å². The van der Waals surface area contributed by atoms with Crippen LogP contribution in [0.5, 0.6) is 5.75 Å². The molecule has 3 aliphatic carbocycles. The van der Waals surface area contributed by atoms with E-state index in [0.29, 0.717) is 48.2 Å². The molecule has 3 saturated carbocycles. The molecule has 1 aromatic carbocycles. The van der Waals surface area contributed by atoms with Gasteiger partial charge in [-0.3, -0.25) is 4.79 Å². The maximum atomic E-state index is 14.1.